The second-order valence-corrected chi connectivity index (χ2v) is 5.00. The lowest BCUT2D eigenvalue weighted by molar-refractivity contribution is -0.175. The maximum atomic E-state index is 12.1. The molecule has 0 bridgehead atoms. The largest absolute Gasteiger partial charge is 0.479 e. The van der Waals surface area contributed by atoms with Crippen molar-refractivity contribution < 1.29 is 41.0 Å². The van der Waals surface area contributed by atoms with Crippen molar-refractivity contribution >= 4 is 23.6 Å². The Bertz CT molecular complexity index is 554. The molecule has 1 aromatic carbocycles. The average molecular weight is 347 g/mol. The molecule has 0 aromatic heterocycles. The zero-order valence-corrected chi connectivity index (χ0v) is 11.1. The van der Waals surface area contributed by atoms with E-state index in [-0.39, 0.29) is 10.5 Å². The standard InChI is InChI=1S/C11H7F6NO3S/c12-10(13,14)9(21)18-7(8(19)20)5-1-3-6(4-2-5)22-11(15,16)17/h1-4,7H,(H,18,21)(H,19,20). The van der Waals surface area contributed by atoms with Crippen LogP contribution in [0.3, 0.4) is 0 Å². The molecule has 1 rings (SSSR count). The summed E-state index contributed by atoms with van der Waals surface area (Å²) in [7, 11) is 0. The predicted octanol–water partition coefficient (Wildman–Crippen LogP) is 3.10. The third kappa shape index (κ3) is 5.47. The van der Waals surface area contributed by atoms with Crippen molar-refractivity contribution in [2.45, 2.75) is 22.6 Å². The third-order valence-corrected chi connectivity index (χ3v) is 2.97. The van der Waals surface area contributed by atoms with Gasteiger partial charge in [0.25, 0.3) is 0 Å². The van der Waals surface area contributed by atoms with E-state index in [4.69, 9.17) is 5.11 Å². The van der Waals surface area contributed by atoms with Gasteiger partial charge in [-0.1, -0.05) is 12.1 Å². The summed E-state index contributed by atoms with van der Waals surface area (Å²) in [6.45, 7) is 0. The zero-order chi connectivity index (χ0) is 17.1. The van der Waals surface area contributed by atoms with Gasteiger partial charge in [0, 0.05) is 4.90 Å². The van der Waals surface area contributed by atoms with E-state index >= 15 is 0 Å². The van der Waals surface area contributed by atoms with Crippen LogP contribution in [0.2, 0.25) is 0 Å². The number of carboxylic acid groups (broad SMARTS) is 1. The van der Waals surface area contributed by atoms with Gasteiger partial charge in [0.05, 0.1) is 0 Å². The van der Waals surface area contributed by atoms with Gasteiger partial charge in [-0.15, -0.1) is 0 Å². The Kier molecular flexibility index (Phi) is 5.33. The van der Waals surface area contributed by atoms with Crippen LogP contribution in [0.5, 0.6) is 0 Å². The summed E-state index contributed by atoms with van der Waals surface area (Å²) < 4.78 is 72.7. The maximum Gasteiger partial charge on any atom is 0.471 e. The van der Waals surface area contributed by atoms with E-state index in [1.165, 1.54) is 5.32 Å². The number of halogens is 6. The zero-order valence-electron chi connectivity index (χ0n) is 10.3. The Morgan fingerprint density at radius 3 is 1.91 bits per heavy atom. The first-order valence-corrected chi connectivity index (χ1v) is 6.18. The van der Waals surface area contributed by atoms with Gasteiger partial charge >= 0.3 is 23.6 Å². The molecule has 22 heavy (non-hydrogen) atoms. The molecular weight excluding hydrogens is 340 g/mol. The molecule has 122 valence electrons. The van der Waals surface area contributed by atoms with Crippen molar-refractivity contribution in [1.29, 1.82) is 0 Å². The Morgan fingerprint density at radius 2 is 1.55 bits per heavy atom. The van der Waals surface area contributed by atoms with Gasteiger partial charge in [-0.25, -0.2) is 4.79 Å². The Balaban J connectivity index is 2.94. The van der Waals surface area contributed by atoms with Crippen molar-refractivity contribution in [3.63, 3.8) is 0 Å². The number of hydrogen-bond acceptors (Lipinski definition) is 3. The van der Waals surface area contributed by atoms with Gasteiger partial charge in [0.15, 0.2) is 6.04 Å². The van der Waals surface area contributed by atoms with Gasteiger partial charge in [-0.05, 0) is 29.5 Å². The monoisotopic (exact) mass is 347 g/mol. The molecule has 1 aromatic rings. The number of aliphatic carboxylic acids is 1. The number of alkyl halides is 6. The quantitative estimate of drug-likeness (QED) is 0.649. The Labute approximate surface area is 123 Å². The topological polar surface area (TPSA) is 66.4 Å². The van der Waals surface area contributed by atoms with Crippen LogP contribution in [0.4, 0.5) is 26.3 Å². The third-order valence-electron chi connectivity index (χ3n) is 2.23. The highest BCUT2D eigenvalue weighted by atomic mass is 32.2. The smallest absolute Gasteiger partial charge is 0.471 e. The Morgan fingerprint density at radius 1 is 1.05 bits per heavy atom. The highest BCUT2D eigenvalue weighted by molar-refractivity contribution is 8.00. The molecule has 1 atom stereocenters. The molecule has 0 spiro atoms. The molecule has 1 amide bonds. The Hall–Kier alpha value is -1.91. The van der Waals surface area contributed by atoms with Crippen molar-refractivity contribution in [3.8, 4) is 0 Å². The summed E-state index contributed by atoms with van der Waals surface area (Å²) in [5.74, 6) is -4.25. The summed E-state index contributed by atoms with van der Waals surface area (Å²) in [5.41, 5.74) is -4.85. The number of amides is 1. The summed E-state index contributed by atoms with van der Waals surface area (Å²) in [4.78, 5) is 21.4. The van der Waals surface area contributed by atoms with Crippen LogP contribution < -0.4 is 5.32 Å². The first kappa shape index (κ1) is 18.1. The molecule has 2 N–H and O–H groups in total. The SMILES string of the molecule is O=C(O)C(NC(=O)C(F)(F)F)c1ccc(SC(F)(F)F)cc1. The molecule has 0 saturated carbocycles. The molecule has 0 radical (unpaired) electrons. The van der Waals surface area contributed by atoms with Crippen LogP contribution in [0, 0.1) is 0 Å². The lowest BCUT2D eigenvalue weighted by atomic mass is 10.1. The van der Waals surface area contributed by atoms with Crippen molar-refractivity contribution in [2.24, 2.45) is 0 Å². The molecule has 0 saturated heterocycles. The minimum absolute atomic E-state index is 0.275. The second kappa shape index (κ2) is 6.46. The van der Waals surface area contributed by atoms with Crippen LogP contribution in [0.25, 0.3) is 0 Å². The van der Waals surface area contributed by atoms with E-state index in [1.54, 1.807) is 0 Å². The number of hydrogen-bond donors (Lipinski definition) is 2. The number of rotatable bonds is 4. The predicted molar refractivity (Wildman–Crippen MR) is 62.9 cm³/mol. The first-order chi connectivity index (χ1) is 9.90. The van der Waals surface area contributed by atoms with Gasteiger partial charge in [-0.3, -0.25) is 4.79 Å². The van der Waals surface area contributed by atoms with E-state index in [1.807, 2.05) is 0 Å². The minimum Gasteiger partial charge on any atom is -0.479 e. The highest BCUT2D eigenvalue weighted by Gasteiger charge is 2.41. The first-order valence-electron chi connectivity index (χ1n) is 5.36. The molecule has 11 heteroatoms. The molecule has 4 nitrogen and oxygen atoms in total. The van der Waals surface area contributed by atoms with Crippen molar-refractivity contribution in [2.75, 3.05) is 0 Å². The van der Waals surface area contributed by atoms with Gasteiger partial charge in [-0.2, -0.15) is 26.3 Å². The normalized spacial score (nSPS) is 13.5. The average Bonchev–Trinajstić information content (AvgIpc) is 2.33. The fraction of sp³-hybridized carbons (Fsp3) is 0.273. The fourth-order valence-electron chi connectivity index (χ4n) is 1.36. The van der Waals surface area contributed by atoms with E-state index in [9.17, 15) is 35.9 Å². The van der Waals surface area contributed by atoms with Crippen molar-refractivity contribution in [1.82, 2.24) is 5.32 Å². The van der Waals surface area contributed by atoms with Crippen LogP contribution in [-0.4, -0.2) is 28.7 Å². The highest BCUT2D eigenvalue weighted by Crippen LogP contribution is 2.37. The second-order valence-electron chi connectivity index (χ2n) is 3.86. The summed E-state index contributed by atoms with van der Waals surface area (Å²) in [5, 5.41) is 10.1. The number of carbonyl (C=O) groups excluding carboxylic acids is 1. The van der Waals surface area contributed by atoms with Crippen LogP contribution >= 0.6 is 11.8 Å². The van der Waals surface area contributed by atoms with Gasteiger partial charge in [0.2, 0.25) is 0 Å². The molecule has 0 heterocycles. The van der Waals surface area contributed by atoms with Crippen LogP contribution in [-0.2, 0) is 9.59 Å². The maximum absolute atomic E-state index is 12.1. The molecular formula is C11H7F6NO3S. The molecule has 0 aliphatic carbocycles. The number of carboxylic acids is 1. The molecule has 0 aliphatic rings. The fourth-order valence-corrected chi connectivity index (χ4v) is 1.90. The number of carbonyl (C=O) groups is 2. The summed E-state index contributed by atoms with van der Waals surface area (Å²) >= 11 is -0.467. The molecule has 1 unspecified atom stereocenters. The van der Waals surface area contributed by atoms with Gasteiger partial charge in [0.1, 0.15) is 0 Å². The van der Waals surface area contributed by atoms with Crippen LogP contribution in [0.15, 0.2) is 29.2 Å². The summed E-state index contributed by atoms with van der Waals surface area (Å²) in [6, 6.07) is 1.54. The van der Waals surface area contributed by atoms with E-state index < -0.39 is 41.4 Å². The van der Waals surface area contributed by atoms with E-state index in [2.05, 4.69) is 0 Å². The summed E-state index contributed by atoms with van der Waals surface area (Å²) in [6.07, 6.45) is -5.28. The number of thioether (sulfide) groups is 1. The minimum atomic E-state index is -5.28. The van der Waals surface area contributed by atoms with Crippen molar-refractivity contribution in [3.05, 3.63) is 29.8 Å². The number of benzene rings is 1. The number of nitrogens with one attached hydrogen (secondary N) is 1. The van der Waals surface area contributed by atoms with E-state index in [0.717, 1.165) is 24.3 Å². The lowest BCUT2D eigenvalue weighted by Gasteiger charge is -2.16. The lowest BCUT2D eigenvalue weighted by Crippen LogP contribution is -2.41. The molecule has 0 fully saturated rings. The van der Waals surface area contributed by atoms with Crippen LogP contribution in [0.1, 0.15) is 11.6 Å². The van der Waals surface area contributed by atoms with E-state index in [0.29, 0.717) is 0 Å². The van der Waals surface area contributed by atoms with Gasteiger partial charge < -0.3 is 10.4 Å². The molecule has 0 aliphatic heterocycles.